The SMILES string of the molecule is COc1ccc(N2CCCC(C)(C(=O)Nc3ccc(OC(C)C)cc3)S2(=O)=O)cc1. The number of hydrogen-bond acceptors (Lipinski definition) is 5. The van der Waals surface area contributed by atoms with E-state index in [9.17, 15) is 13.2 Å². The molecule has 1 fully saturated rings. The summed E-state index contributed by atoms with van der Waals surface area (Å²) in [5, 5.41) is 2.76. The number of carbonyl (C=O) groups excluding carboxylic acids is 1. The zero-order valence-electron chi connectivity index (χ0n) is 17.7. The number of ether oxygens (including phenoxy) is 2. The molecule has 2 aromatic carbocycles. The Labute approximate surface area is 178 Å². The van der Waals surface area contributed by atoms with Gasteiger partial charge >= 0.3 is 0 Å². The van der Waals surface area contributed by atoms with E-state index in [0.29, 0.717) is 35.8 Å². The second kappa shape index (κ2) is 8.55. The number of nitrogens with zero attached hydrogens (tertiary/aromatic N) is 1. The predicted octanol–water partition coefficient (Wildman–Crippen LogP) is 3.81. The summed E-state index contributed by atoms with van der Waals surface area (Å²) in [5.41, 5.74) is 1.04. The van der Waals surface area contributed by atoms with Crippen molar-refractivity contribution in [2.24, 2.45) is 0 Å². The molecule has 7 nitrogen and oxygen atoms in total. The molecular formula is C22H28N2O5S. The Morgan fingerprint density at radius 1 is 1.07 bits per heavy atom. The van der Waals surface area contributed by atoms with Gasteiger partial charge in [-0.05, 0) is 82.1 Å². The van der Waals surface area contributed by atoms with Gasteiger partial charge in [-0.1, -0.05) is 0 Å². The fourth-order valence-electron chi connectivity index (χ4n) is 3.45. The van der Waals surface area contributed by atoms with Gasteiger partial charge in [-0.25, -0.2) is 8.42 Å². The second-order valence-corrected chi connectivity index (χ2v) is 10.0. The van der Waals surface area contributed by atoms with Gasteiger partial charge in [-0.15, -0.1) is 0 Å². The molecule has 0 aliphatic carbocycles. The Kier molecular flexibility index (Phi) is 6.26. The Hall–Kier alpha value is -2.74. The number of rotatable bonds is 6. The average Bonchev–Trinajstić information content (AvgIpc) is 2.71. The molecule has 1 N–H and O–H groups in total. The van der Waals surface area contributed by atoms with Crippen molar-refractivity contribution in [3.8, 4) is 11.5 Å². The zero-order chi connectivity index (χ0) is 21.9. The van der Waals surface area contributed by atoms with Crippen molar-refractivity contribution < 1.29 is 22.7 Å². The van der Waals surface area contributed by atoms with E-state index in [1.807, 2.05) is 13.8 Å². The number of methoxy groups -OCH3 is 1. The third-order valence-electron chi connectivity index (χ3n) is 5.20. The van der Waals surface area contributed by atoms with Gasteiger partial charge in [0, 0.05) is 12.2 Å². The molecule has 30 heavy (non-hydrogen) atoms. The third-order valence-corrected chi connectivity index (χ3v) is 7.70. The van der Waals surface area contributed by atoms with E-state index >= 15 is 0 Å². The highest BCUT2D eigenvalue weighted by Crippen LogP contribution is 2.36. The van der Waals surface area contributed by atoms with Crippen LogP contribution in [0.15, 0.2) is 48.5 Å². The lowest BCUT2D eigenvalue weighted by molar-refractivity contribution is -0.118. The van der Waals surface area contributed by atoms with Crippen molar-refractivity contribution in [1.29, 1.82) is 0 Å². The molecule has 1 amide bonds. The van der Waals surface area contributed by atoms with Gasteiger partial charge in [-0.3, -0.25) is 9.10 Å². The lowest BCUT2D eigenvalue weighted by Gasteiger charge is -2.39. The van der Waals surface area contributed by atoms with E-state index < -0.39 is 20.7 Å². The molecule has 0 bridgehead atoms. The first-order valence-electron chi connectivity index (χ1n) is 9.92. The zero-order valence-corrected chi connectivity index (χ0v) is 18.5. The summed E-state index contributed by atoms with van der Waals surface area (Å²) < 4.78 is 37.3. The molecule has 1 aliphatic rings. The largest absolute Gasteiger partial charge is 0.497 e. The Morgan fingerprint density at radius 3 is 2.23 bits per heavy atom. The normalized spacial score (nSPS) is 20.6. The number of sulfonamides is 1. The summed E-state index contributed by atoms with van der Waals surface area (Å²) in [5.74, 6) is 0.780. The Balaban J connectivity index is 1.81. The molecule has 1 aliphatic heterocycles. The van der Waals surface area contributed by atoms with Gasteiger partial charge in [0.2, 0.25) is 15.9 Å². The highest BCUT2D eigenvalue weighted by molar-refractivity contribution is 7.95. The van der Waals surface area contributed by atoms with Crippen LogP contribution in [-0.2, 0) is 14.8 Å². The molecule has 3 rings (SSSR count). The topological polar surface area (TPSA) is 84.9 Å². The number of hydrogen-bond donors (Lipinski definition) is 1. The smallest absolute Gasteiger partial charge is 0.249 e. The summed E-state index contributed by atoms with van der Waals surface area (Å²) >= 11 is 0. The van der Waals surface area contributed by atoms with Crippen molar-refractivity contribution in [1.82, 2.24) is 0 Å². The highest BCUT2D eigenvalue weighted by Gasteiger charge is 2.52. The summed E-state index contributed by atoms with van der Waals surface area (Å²) in [7, 11) is -2.37. The van der Waals surface area contributed by atoms with Crippen LogP contribution in [0, 0.1) is 0 Å². The maximum atomic E-state index is 13.4. The molecule has 8 heteroatoms. The summed E-state index contributed by atoms with van der Waals surface area (Å²) in [6.45, 7) is 5.68. The molecule has 1 unspecified atom stereocenters. The van der Waals surface area contributed by atoms with E-state index in [1.165, 1.54) is 11.2 Å². The quantitative estimate of drug-likeness (QED) is 0.750. The van der Waals surface area contributed by atoms with Gasteiger partial charge < -0.3 is 14.8 Å². The van der Waals surface area contributed by atoms with Crippen molar-refractivity contribution in [3.63, 3.8) is 0 Å². The van der Waals surface area contributed by atoms with Crippen molar-refractivity contribution >= 4 is 27.3 Å². The third kappa shape index (κ3) is 4.23. The first-order valence-corrected chi connectivity index (χ1v) is 11.4. The second-order valence-electron chi connectivity index (χ2n) is 7.75. The molecule has 0 spiro atoms. The summed E-state index contributed by atoms with van der Waals surface area (Å²) in [6, 6.07) is 13.7. The lowest BCUT2D eigenvalue weighted by Crippen LogP contribution is -2.57. The predicted molar refractivity (Wildman–Crippen MR) is 118 cm³/mol. The molecule has 1 saturated heterocycles. The van der Waals surface area contributed by atoms with E-state index in [2.05, 4.69) is 5.32 Å². The maximum absolute atomic E-state index is 13.4. The van der Waals surface area contributed by atoms with Gasteiger partial charge in [0.15, 0.2) is 4.75 Å². The van der Waals surface area contributed by atoms with Crippen molar-refractivity contribution in [2.45, 2.75) is 44.5 Å². The van der Waals surface area contributed by atoms with Crippen LogP contribution in [0.1, 0.15) is 33.6 Å². The van der Waals surface area contributed by atoms with Gasteiger partial charge in [-0.2, -0.15) is 0 Å². The monoisotopic (exact) mass is 432 g/mol. The van der Waals surface area contributed by atoms with Gasteiger partial charge in [0.05, 0.1) is 18.9 Å². The van der Waals surface area contributed by atoms with Crippen LogP contribution in [0.5, 0.6) is 11.5 Å². The maximum Gasteiger partial charge on any atom is 0.249 e. The van der Waals surface area contributed by atoms with Crippen LogP contribution in [0.25, 0.3) is 0 Å². The van der Waals surface area contributed by atoms with E-state index in [1.54, 1.807) is 55.6 Å². The van der Waals surface area contributed by atoms with Crippen LogP contribution in [0.4, 0.5) is 11.4 Å². The summed E-state index contributed by atoms with van der Waals surface area (Å²) in [4.78, 5) is 13.1. The van der Waals surface area contributed by atoms with Crippen molar-refractivity contribution in [3.05, 3.63) is 48.5 Å². The first-order chi connectivity index (χ1) is 14.2. The van der Waals surface area contributed by atoms with Gasteiger partial charge in [0.1, 0.15) is 11.5 Å². The van der Waals surface area contributed by atoms with E-state index in [0.717, 1.165) is 0 Å². The number of amides is 1. The Morgan fingerprint density at radius 2 is 1.67 bits per heavy atom. The van der Waals surface area contributed by atoms with E-state index in [-0.39, 0.29) is 12.5 Å². The molecular weight excluding hydrogens is 404 g/mol. The average molecular weight is 433 g/mol. The van der Waals surface area contributed by atoms with Crippen LogP contribution >= 0.6 is 0 Å². The number of nitrogens with one attached hydrogen (secondary N) is 1. The Bertz CT molecular complexity index is 987. The molecule has 162 valence electrons. The van der Waals surface area contributed by atoms with Crippen LogP contribution in [-0.4, -0.2) is 38.8 Å². The molecule has 0 saturated carbocycles. The fraction of sp³-hybridized carbons (Fsp3) is 0.409. The minimum Gasteiger partial charge on any atom is -0.497 e. The minimum atomic E-state index is -3.92. The van der Waals surface area contributed by atoms with Crippen LogP contribution < -0.4 is 19.1 Å². The molecule has 2 aromatic rings. The number of anilines is 2. The molecule has 1 heterocycles. The first kappa shape index (κ1) is 22.0. The molecule has 1 atom stereocenters. The number of benzene rings is 2. The van der Waals surface area contributed by atoms with E-state index in [4.69, 9.17) is 9.47 Å². The molecule has 0 radical (unpaired) electrons. The standard InChI is InChI=1S/C22H28N2O5S/c1-16(2)29-20-10-6-17(7-11-20)23-21(25)22(3)14-5-15-24(30(22,26)27)18-8-12-19(28-4)13-9-18/h6-13,16H,5,14-15H2,1-4H3,(H,23,25). The molecule has 0 aromatic heterocycles. The highest BCUT2D eigenvalue weighted by atomic mass is 32.2. The fourth-order valence-corrected chi connectivity index (χ4v) is 5.39. The number of carbonyl (C=O) groups is 1. The van der Waals surface area contributed by atoms with Crippen LogP contribution in [0.2, 0.25) is 0 Å². The van der Waals surface area contributed by atoms with Crippen molar-refractivity contribution in [2.75, 3.05) is 23.3 Å². The lowest BCUT2D eigenvalue weighted by atomic mass is 10.0. The summed E-state index contributed by atoms with van der Waals surface area (Å²) in [6.07, 6.45) is 0.874. The van der Waals surface area contributed by atoms with Gasteiger partial charge in [0.25, 0.3) is 0 Å². The minimum absolute atomic E-state index is 0.0423. The van der Waals surface area contributed by atoms with Crippen LogP contribution in [0.3, 0.4) is 0 Å².